The van der Waals surface area contributed by atoms with E-state index in [9.17, 15) is 14.4 Å². The van der Waals surface area contributed by atoms with Crippen LogP contribution < -0.4 is 16.0 Å². The minimum absolute atomic E-state index is 0.0111. The summed E-state index contributed by atoms with van der Waals surface area (Å²) in [5, 5.41) is 8.37. The molecule has 134 valence electrons. The third kappa shape index (κ3) is 3.52. The summed E-state index contributed by atoms with van der Waals surface area (Å²) in [4.78, 5) is 35.8. The molecular weight excluding hydrogens is 377 g/mol. The zero-order valence-electron chi connectivity index (χ0n) is 13.7. The van der Waals surface area contributed by atoms with Gasteiger partial charge in [-0.2, -0.15) is 0 Å². The summed E-state index contributed by atoms with van der Waals surface area (Å²) < 4.78 is 0. The van der Waals surface area contributed by atoms with E-state index in [1.807, 2.05) is 0 Å². The Kier molecular flexibility index (Phi) is 4.89. The number of hydrogen-bond acceptors (Lipinski definition) is 3. The van der Waals surface area contributed by atoms with Crippen LogP contribution in [0.2, 0.25) is 10.0 Å². The largest absolute Gasteiger partial charge is 0.326 e. The topological polar surface area (TPSA) is 87.3 Å². The lowest BCUT2D eigenvalue weighted by Crippen LogP contribution is -2.40. The number of carbonyl (C=O) groups excluding carboxylic acids is 3. The normalized spacial score (nSPS) is 19.0. The van der Waals surface area contributed by atoms with Gasteiger partial charge in [0.1, 0.15) is 5.54 Å². The van der Waals surface area contributed by atoms with Gasteiger partial charge in [-0.3, -0.25) is 14.9 Å². The van der Waals surface area contributed by atoms with E-state index in [0.717, 1.165) is 0 Å². The van der Waals surface area contributed by atoms with Crippen LogP contribution in [-0.2, 0) is 21.5 Å². The first-order valence-electron chi connectivity index (χ1n) is 7.76. The predicted molar refractivity (Wildman–Crippen MR) is 99.3 cm³/mol. The molecule has 8 heteroatoms. The van der Waals surface area contributed by atoms with Crippen LogP contribution in [0, 0.1) is 0 Å². The Bertz CT molecular complexity index is 896. The fourth-order valence-electron chi connectivity index (χ4n) is 2.72. The Morgan fingerprint density at radius 2 is 1.77 bits per heavy atom. The second-order valence-corrected chi connectivity index (χ2v) is 6.85. The first-order chi connectivity index (χ1) is 12.3. The molecule has 6 nitrogen and oxygen atoms in total. The molecule has 26 heavy (non-hydrogen) atoms. The lowest BCUT2D eigenvalue weighted by atomic mass is 9.92. The molecule has 1 atom stereocenters. The van der Waals surface area contributed by atoms with Crippen molar-refractivity contribution in [2.75, 3.05) is 5.32 Å². The van der Waals surface area contributed by atoms with Gasteiger partial charge in [-0.15, -0.1) is 0 Å². The van der Waals surface area contributed by atoms with Gasteiger partial charge in [0.2, 0.25) is 5.91 Å². The first-order valence-corrected chi connectivity index (χ1v) is 8.52. The Labute approximate surface area is 159 Å². The van der Waals surface area contributed by atoms with Gasteiger partial charge in [0, 0.05) is 15.7 Å². The zero-order chi connectivity index (χ0) is 18.9. The summed E-state index contributed by atoms with van der Waals surface area (Å²) >= 11 is 12.2. The smallest absolute Gasteiger partial charge is 0.322 e. The maximum atomic E-state index is 12.3. The van der Waals surface area contributed by atoms with Crippen LogP contribution in [0.1, 0.15) is 18.1 Å². The zero-order valence-corrected chi connectivity index (χ0v) is 15.2. The average molecular weight is 392 g/mol. The monoisotopic (exact) mass is 391 g/mol. The van der Waals surface area contributed by atoms with Gasteiger partial charge in [-0.1, -0.05) is 41.4 Å². The minimum atomic E-state index is -1.19. The van der Waals surface area contributed by atoms with Gasteiger partial charge in [-0.05, 0) is 42.3 Å². The Hall–Kier alpha value is -2.57. The number of urea groups is 1. The number of rotatable bonds is 4. The molecule has 0 aromatic heterocycles. The van der Waals surface area contributed by atoms with Gasteiger partial charge >= 0.3 is 6.03 Å². The molecule has 1 saturated heterocycles. The highest BCUT2D eigenvalue weighted by Gasteiger charge is 2.43. The summed E-state index contributed by atoms with van der Waals surface area (Å²) in [7, 11) is 0. The van der Waals surface area contributed by atoms with Crippen molar-refractivity contribution in [3.05, 3.63) is 63.6 Å². The summed E-state index contributed by atoms with van der Waals surface area (Å²) in [5.74, 6) is -0.754. The van der Waals surface area contributed by atoms with E-state index in [0.29, 0.717) is 26.9 Å². The van der Waals surface area contributed by atoms with Gasteiger partial charge in [0.15, 0.2) is 0 Å². The Morgan fingerprint density at radius 1 is 1.12 bits per heavy atom. The summed E-state index contributed by atoms with van der Waals surface area (Å²) in [6.45, 7) is 1.59. The number of benzene rings is 2. The van der Waals surface area contributed by atoms with Crippen LogP contribution in [0.5, 0.6) is 0 Å². The van der Waals surface area contributed by atoms with Gasteiger partial charge < -0.3 is 10.6 Å². The molecular formula is C18H15Cl2N3O3. The molecule has 1 unspecified atom stereocenters. The molecule has 2 aromatic carbocycles. The van der Waals surface area contributed by atoms with E-state index in [-0.39, 0.29) is 12.3 Å². The lowest BCUT2D eigenvalue weighted by Gasteiger charge is -2.21. The molecule has 4 amide bonds. The fourth-order valence-corrected chi connectivity index (χ4v) is 3.25. The van der Waals surface area contributed by atoms with Gasteiger partial charge in [-0.25, -0.2) is 4.79 Å². The van der Waals surface area contributed by atoms with Gasteiger partial charge in [0.05, 0.1) is 6.42 Å². The molecule has 0 aliphatic carbocycles. The van der Waals surface area contributed by atoms with E-state index >= 15 is 0 Å². The Balaban J connectivity index is 1.78. The van der Waals surface area contributed by atoms with Gasteiger partial charge in [0.25, 0.3) is 5.91 Å². The molecule has 0 spiro atoms. The molecule has 0 radical (unpaired) electrons. The second-order valence-electron chi connectivity index (χ2n) is 6.04. The standard InChI is InChI=1S/C18H15Cl2N3O3/c1-18(16(25)22-17(26)23-18)10-4-2-5-11(8-10)21-15(24)9-12-13(19)6-3-7-14(12)20/h2-8H,9H2,1H3,(H,21,24)(H2,22,23,25,26). The Morgan fingerprint density at radius 3 is 2.38 bits per heavy atom. The maximum absolute atomic E-state index is 12.3. The molecule has 1 aliphatic heterocycles. The molecule has 0 bridgehead atoms. The van der Waals surface area contributed by atoms with E-state index in [1.54, 1.807) is 49.4 Å². The number of amides is 4. The van der Waals surface area contributed by atoms with Crippen LogP contribution in [0.4, 0.5) is 10.5 Å². The third-order valence-corrected chi connectivity index (χ3v) is 4.88. The van der Waals surface area contributed by atoms with Crippen LogP contribution in [0.3, 0.4) is 0 Å². The van der Waals surface area contributed by atoms with E-state index in [2.05, 4.69) is 16.0 Å². The van der Waals surface area contributed by atoms with Crippen molar-refractivity contribution in [1.82, 2.24) is 10.6 Å². The van der Waals surface area contributed by atoms with Crippen molar-refractivity contribution in [3.63, 3.8) is 0 Å². The van der Waals surface area contributed by atoms with Crippen molar-refractivity contribution in [2.45, 2.75) is 18.9 Å². The number of carbonyl (C=O) groups is 3. The second kappa shape index (κ2) is 6.97. The number of nitrogens with one attached hydrogen (secondary N) is 3. The third-order valence-electron chi connectivity index (χ3n) is 4.17. The molecule has 2 aromatic rings. The molecule has 1 heterocycles. The predicted octanol–water partition coefficient (Wildman–Crippen LogP) is 3.23. The van der Waals surface area contributed by atoms with Crippen LogP contribution in [0.25, 0.3) is 0 Å². The summed E-state index contributed by atoms with van der Waals surface area (Å²) in [6.07, 6.45) is 0.0111. The summed E-state index contributed by atoms with van der Waals surface area (Å²) in [6, 6.07) is 11.2. The van der Waals surface area contributed by atoms with Crippen LogP contribution in [0.15, 0.2) is 42.5 Å². The molecule has 1 fully saturated rings. The fraction of sp³-hybridized carbons (Fsp3) is 0.167. The van der Waals surface area contributed by atoms with E-state index in [1.165, 1.54) is 0 Å². The highest BCUT2D eigenvalue weighted by molar-refractivity contribution is 6.36. The molecule has 3 N–H and O–H groups in total. The van der Waals surface area contributed by atoms with Crippen molar-refractivity contribution in [2.24, 2.45) is 0 Å². The van der Waals surface area contributed by atoms with E-state index < -0.39 is 17.5 Å². The molecule has 1 aliphatic rings. The lowest BCUT2D eigenvalue weighted by molar-refractivity contribution is -0.123. The number of halogens is 2. The molecule has 0 saturated carbocycles. The number of imide groups is 1. The highest BCUT2D eigenvalue weighted by Crippen LogP contribution is 2.27. The first kappa shape index (κ1) is 18.2. The average Bonchev–Trinajstić information content (AvgIpc) is 2.85. The van der Waals surface area contributed by atoms with Crippen molar-refractivity contribution in [1.29, 1.82) is 0 Å². The minimum Gasteiger partial charge on any atom is -0.326 e. The van der Waals surface area contributed by atoms with E-state index in [4.69, 9.17) is 23.2 Å². The molecule has 3 rings (SSSR count). The van der Waals surface area contributed by atoms with Crippen LogP contribution >= 0.6 is 23.2 Å². The SMILES string of the molecule is CC1(c2cccc(NC(=O)Cc3c(Cl)cccc3Cl)c2)NC(=O)NC1=O. The summed E-state index contributed by atoms with van der Waals surface area (Å²) in [5.41, 5.74) is 0.392. The van der Waals surface area contributed by atoms with Crippen LogP contribution in [-0.4, -0.2) is 17.8 Å². The number of anilines is 1. The number of hydrogen-bond donors (Lipinski definition) is 3. The van der Waals surface area contributed by atoms with Crippen molar-refractivity contribution >= 4 is 46.7 Å². The van der Waals surface area contributed by atoms with Crippen molar-refractivity contribution < 1.29 is 14.4 Å². The van der Waals surface area contributed by atoms with Crippen molar-refractivity contribution in [3.8, 4) is 0 Å². The quantitative estimate of drug-likeness (QED) is 0.699. The maximum Gasteiger partial charge on any atom is 0.322 e. The highest BCUT2D eigenvalue weighted by atomic mass is 35.5.